The summed E-state index contributed by atoms with van der Waals surface area (Å²) in [6.45, 7) is 0.370. The van der Waals surface area contributed by atoms with Crippen molar-refractivity contribution in [3.63, 3.8) is 0 Å². The zero-order valence-corrected chi connectivity index (χ0v) is 14.2. The van der Waals surface area contributed by atoms with E-state index in [-0.39, 0.29) is 5.91 Å². The molecule has 1 atom stereocenters. The summed E-state index contributed by atoms with van der Waals surface area (Å²) in [5, 5.41) is 7.27. The summed E-state index contributed by atoms with van der Waals surface area (Å²) < 4.78 is 6.89. The van der Waals surface area contributed by atoms with Crippen molar-refractivity contribution in [1.82, 2.24) is 15.1 Å². The first-order valence-corrected chi connectivity index (χ1v) is 8.74. The second-order valence-electron chi connectivity index (χ2n) is 5.06. The molecule has 0 saturated heterocycles. The monoisotopic (exact) mass is 334 g/mol. The third-order valence-electron chi connectivity index (χ3n) is 3.39. The first-order valence-electron chi connectivity index (χ1n) is 7.35. The lowest BCUT2D eigenvalue weighted by Gasteiger charge is -2.10. The number of methoxy groups -OCH3 is 1. The Hall–Kier alpha value is -1.99. The normalized spacial score (nSPS) is 12.0. The van der Waals surface area contributed by atoms with Gasteiger partial charge in [0.15, 0.2) is 0 Å². The van der Waals surface area contributed by atoms with Gasteiger partial charge >= 0.3 is 0 Å². The molecule has 1 amide bonds. The number of thioether (sulfide) groups is 1. The van der Waals surface area contributed by atoms with Gasteiger partial charge in [-0.3, -0.25) is 4.79 Å². The first-order chi connectivity index (χ1) is 11.1. The van der Waals surface area contributed by atoms with Crippen molar-refractivity contribution in [2.75, 3.05) is 19.1 Å². The molecule has 0 spiro atoms. The molecule has 1 heterocycles. The van der Waals surface area contributed by atoms with Crippen LogP contribution in [0.15, 0.2) is 36.5 Å². The molecule has 124 valence electrons. The topological polar surface area (TPSA) is 82.2 Å². The number of carbonyl (C=O) groups is 1. The van der Waals surface area contributed by atoms with Crippen molar-refractivity contribution in [2.24, 2.45) is 5.73 Å². The second-order valence-corrected chi connectivity index (χ2v) is 6.04. The van der Waals surface area contributed by atoms with Crippen LogP contribution in [0.25, 0.3) is 5.69 Å². The number of carbonyl (C=O) groups excluding carboxylic acids is 1. The molecule has 2 rings (SSSR count). The van der Waals surface area contributed by atoms with Gasteiger partial charge in [-0.25, -0.2) is 4.68 Å². The van der Waals surface area contributed by atoms with Crippen molar-refractivity contribution >= 4 is 17.7 Å². The molecule has 0 bridgehead atoms. The summed E-state index contributed by atoms with van der Waals surface area (Å²) >= 11 is 1.68. The number of nitrogens with one attached hydrogen (secondary N) is 1. The van der Waals surface area contributed by atoms with Crippen molar-refractivity contribution in [1.29, 1.82) is 0 Å². The molecule has 7 heteroatoms. The minimum atomic E-state index is -0.467. The van der Waals surface area contributed by atoms with Gasteiger partial charge in [-0.15, -0.1) is 0 Å². The van der Waals surface area contributed by atoms with Gasteiger partial charge in [-0.2, -0.15) is 16.9 Å². The van der Waals surface area contributed by atoms with E-state index in [2.05, 4.69) is 10.4 Å². The van der Waals surface area contributed by atoms with E-state index in [0.717, 1.165) is 22.9 Å². The number of ether oxygens (including phenoxy) is 1. The highest BCUT2D eigenvalue weighted by Crippen LogP contribution is 2.14. The maximum absolute atomic E-state index is 11.9. The Balaban J connectivity index is 1.90. The Kier molecular flexibility index (Phi) is 6.49. The van der Waals surface area contributed by atoms with E-state index in [4.69, 9.17) is 10.5 Å². The zero-order valence-electron chi connectivity index (χ0n) is 13.4. The van der Waals surface area contributed by atoms with Gasteiger partial charge in [0.05, 0.1) is 31.1 Å². The van der Waals surface area contributed by atoms with E-state index >= 15 is 0 Å². The molecule has 0 radical (unpaired) electrons. The average molecular weight is 334 g/mol. The minimum absolute atomic E-state index is 0.141. The number of aromatic nitrogens is 2. The van der Waals surface area contributed by atoms with E-state index in [9.17, 15) is 4.79 Å². The van der Waals surface area contributed by atoms with Crippen LogP contribution in [0.5, 0.6) is 5.75 Å². The SMILES string of the molecule is COc1ccc(-n2ccc(CNC(=O)[C@@H](N)CCSC)n2)cc1. The largest absolute Gasteiger partial charge is 0.497 e. The molecule has 23 heavy (non-hydrogen) atoms. The molecular formula is C16H22N4O2S. The number of amides is 1. The highest BCUT2D eigenvalue weighted by molar-refractivity contribution is 7.98. The third-order valence-corrected chi connectivity index (χ3v) is 4.04. The molecule has 0 saturated carbocycles. The van der Waals surface area contributed by atoms with Crippen LogP contribution in [0.3, 0.4) is 0 Å². The van der Waals surface area contributed by atoms with Crippen LogP contribution in [0.4, 0.5) is 0 Å². The quantitative estimate of drug-likeness (QED) is 0.766. The number of hydrogen-bond acceptors (Lipinski definition) is 5. The Morgan fingerprint density at radius 3 is 2.78 bits per heavy atom. The van der Waals surface area contributed by atoms with E-state index in [0.29, 0.717) is 13.0 Å². The Labute approximate surface area is 140 Å². The van der Waals surface area contributed by atoms with Crippen LogP contribution in [0.1, 0.15) is 12.1 Å². The number of hydrogen-bond donors (Lipinski definition) is 2. The summed E-state index contributed by atoms with van der Waals surface area (Å²) in [6, 6.07) is 9.01. The molecule has 0 aliphatic carbocycles. The number of nitrogens with zero attached hydrogens (tertiary/aromatic N) is 2. The molecule has 6 nitrogen and oxygen atoms in total. The molecule has 3 N–H and O–H groups in total. The summed E-state index contributed by atoms with van der Waals surface area (Å²) in [7, 11) is 1.63. The minimum Gasteiger partial charge on any atom is -0.497 e. The molecule has 0 unspecified atom stereocenters. The van der Waals surface area contributed by atoms with Gasteiger partial charge in [-0.1, -0.05) is 0 Å². The number of nitrogens with two attached hydrogens (primary N) is 1. The molecule has 1 aromatic heterocycles. The second kappa shape index (κ2) is 8.59. The smallest absolute Gasteiger partial charge is 0.237 e. The van der Waals surface area contributed by atoms with E-state index in [1.54, 1.807) is 23.6 Å². The molecule has 0 aliphatic rings. The van der Waals surface area contributed by atoms with E-state index in [1.165, 1.54) is 0 Å². The summed E-state index contributed by atoms with van der Waals surface area (Å²) in [6.07, 6.45) is 4.53. The average Bonchev–Trinajstić information content (AvgIpc) is 3.06. The van der Waals surface area contributed by atoms with Crippen molar-refractivity contribution in [3.05, 3.63) is 42.2 Å². The zero-order chi connectivity index (χ0) is 16.7. The van der Waals surface area contributed by atoms with Crippen molar-refractivity contribution < 1.29 is 9.53 Å². The predicted octanol–water partition coefficient (Wildman–Crippen LogP) is 1.58. The number of rotatable bonds is 8. The fraction of sp³-hybridized carbons (Fsp3) is 0.375. The van der Waals surface area contributed by atoms with E-state index < -0.39 is 6.04 Å². The fourth-order valence-electron chi connectivity index (χ4n) is 2.02. The standard InChI is InChI=1S/C16H22N4O2S/c1-22-14-5-3-13(4-6-14)20-9-7-12(19-20)11-18-16(21)15(17)8-10-23-2/h3-7,9,15H,8,10-11,17H2,1-2H3,(H,18,21)/t15-/m0/s1. The maximum Gasteiger partial charge on any atom is 0.237 e. The Morgan fingerprint density at radius 1 is 1.39 bits per heavy atom. The summed E-state index contributed by atoms with van der Waals surface area (Å²) in [4.78, 5) is 11.9. The lowest BCUT2D eigenvalue weighted by atomic mass is 10.2. The van der Waals surface area contributed by atoms with E-state index in [1.807, 2.05) is 42.8 Å². The van der Waals surface area contributed by atoms with Gasteiger partial charge < -0.3 is 15.8 Å². The Bertz CT molecular complexity index is 627. The van der Waals surface area contributed by atoms with Gasteiger partial charge in [0.2, 0.25) is 5.91 Å². The molecule has 2 aromatic rings. The third kappa shape index (κ3) is 5.01. The van der Waals surface area contributed by atoms with Gasteiger partial charge in [0.1, 0.15) is 5.75 Å². The summed E-state index contributed by atoms with van der Waals surface area (Å²) in [5.41, 5.74) is 7.54. The number of benzene rings is 1. The van der Waals surface area contributed by atoms with Crippen molar-refractivity contribution in [3.8, 4) is 11.4 Å². The lowest BCUT2D eigenvalue weighted by Crippen LogP contribution is -2.40. The van der Waals surface area contributed by atoms with Crippen LogP contribution in [0, 0.1) is 0 Å². The van der Waals surface area contributed by atoms with Gasteiger partial charge in [0.25, 0.3) is 0 Å². The Morgan fingerprint density at radius 2 is 2.13 bits per heavy atom. The van der Waals surface area contributed by atoms with Crippen LogP contribution in [-0.4, -0.2) is 40.8 Å². The molecule has 1 aromatic carbocycles. The van der Waals surface area contributed by atoms with Gasteiger partial charge in [0, 0.05) is 6.20 Å². The maximum atomic E-state index is 11.9. The molecule has 0 aliphatic heterocycles. The van der Waals surface area contributed by atoms with Gasteiger partial charge in [-0.05, 0) is 48.8 Å². The summed E-state index contributed by atoms with van der Waals surface area (Å²) in [5.74, 6) is 1.53. The first kappa shape index (κ1) is 17.4. The highest BCUT2D eigenvalue weighted by Gasteiger charge is 2.12. The van der Waals surface area contributed by atoms with Crippen LogP contribution in [-0.2, 0) is 11.3 Å². The van der Waals surface area contributed by atoms with Crippen LogP contribution in [0.2, 0.25) is 0 Å². The predicted molar refractivity (Wildman–Crippen MR) is 92.9 cm³/mol. The lowest BCUT2D eigenvalue weighted by molar-refractivity contribution is -0.122. The van der Waals surface area contributed by atoms with Crippen LogP contribution < -0.4 is 15.8 Å². The highest BCUT2D eigenvalue weighted by atomic mass is 32.2. The molecular weight excluding hydrogens is 312 g/mol. The van der Waals surface area contributed by atoms with Crippen molar-refractivity contribution in [2.45, 2.75) is 19.0 Å². The fourth-order valence-corrected chi connectivity index (χ4v) is 2.51. The van der Waals surface area contributed by atoms with Crippen LogP contribution >= 0.6 is 11.8 Å². The molecule has 0 fully saturated rings.